The summed E-state index contributed by atoms with van der Waals surface area (Å²) < 4.78 is 0. The number of hydrogen-bond acceptors (Lipinski definition) is 4. The normalized spacial score (nSPS) is 22.9. The molecule has 0 aromatic carbocycles. The topological polar surface area (TPSA) is 44.5 Å². The second kappa shape index (κ2) is 5.19. The summed E-state index contributed by atoms with van der Waals surface area (Å²) in [5.41, 5.74) is 6.55. The number of nitrogens with one attached hydrogen (secondary N) is 1. The number of piperazine rings is 1. The standard InChI is InChI=1S/C11H20N4/c12-11-1-5-14(6-2-11)9-10-15-7-3-13-4-8-15/h1-2,5,13H,3-4,6-10,12H2. The fourth-order valence-corrected chi connectivity index (χ4v) is 1.91. The van der Waals surface area contributed by atoms with Crippen molar-refractivity contribution in [3.63, 3.8) is 0 Å². The highest BCUT2D eigenvalue weighted by atomic mass is 15.2. The monoisotopic (exact) mass is 208 g/mol. The van der Waals surface area contributed by atoms with Gasteiger partial charge in [-0.1, -0.05) is 0 Å². The number of rotatable bonds is 3. The molecule has 4 nitrogen and oxygen atoms in total. The van der Waals surface area contributed by atoms with Gasteiger partial charge in [0.25, 0.3) is 0 Å². The maximum Gasteiger partial charge on any atom is 0.0377 e. The van der Waals surface area contributed by atoms with E-state index in [1.54, 1.807) is 0 Å². The zero-order chi connectivity index (χ0) is 10.5. The van der Waals surface area contributed by atoms with Crippen LogP contribution in [0, 0.1) is 0 Å². The van der Waals surface area contributed by atoms with Gasteiger partial charge in [0.15, 0.2) is 0 Å². The van der Waals surface area contributed by atoms with Crippen LogP contribution in [0.5, 0.6) is 0 Å². The average Bonchev–Trinajstić information content (AvgIpc) is 2.30. The smallest absolute Gasteiger partial charge is 0.0377 e. The van der Waals surface area contributed by atoms with E-state index in [4.69, 9.17) is 5.73 Å². The minimum Gasteiger partial charge on any atom is -0.399 e. The van der Waals surface area contributed by atoms with Crippen LogP contribution in [-0.4, -0.2) is 55.6 Å². The Balaban J connectivity index is 1.67. The van der Waals surface area contributed by atoms with E-state index in [9.17, 15) is 0 Å². The Morgan fingerprint density at radius 1 is 1.27 bits per heavy atom. The van der Waals surface area contributed by atoms with Gasteiger partial charge < -0.3 is 16.0 Å². The van der Waals surface area contributed by atoms with Crippen LogP contribution >= 0.6 is 0 Å². The Morgan fingerprint density at radius 3 is 2.73 bits per heavy atom. The van der Waals surface area contributed by atoms with Crippen LogP contribution in [0.3, 0.4) is 0 Å². The van der Waals surface area contributed by atoms with Gasteiger partial charge in [-0.25, -0.2) is 0 Å². The highest BCUT2D eigenvalue weighted by Gasteiger charge is 2.10. The zero-order valence-corrected chi connectivity index (χ0v) is 9.15. The average molecular weight is 208 g/mol. The van der Waals surface area contributed by atoms with Crippen LogP contribution in [0.2, 0.25) is 0 Å². The first kappa shape index (κ1) is 10.5. The van der Waals surface area contributed by atoms with Crippen molar-refractivity contribution >= 4 is 0 Å². The Labute approximate surface area is 91.4 Å². The van der Waals surface area contributed by atoms with Crippen LogP contribution < -0.4 is 11.1 Å². The minimum absolute atomic E-state index is 0.883. The predicted octanol–water partition coefficient (Wildman–Crippen LogP) is -0.436. The van der Waals surface area contributed by atoms with Crippen LogP contribution in [0.1, 0.15) is 0 Å². The lowest BCUT2D eigenvalue weighted by atomic mass is 10.3. The van der Waals surface area contributed by atoms with Gasteiger partial charge in [0.05, 0.1) is 0 Å². The van der Waals surface area contributed by atoms with E-state index in [0.717, 1.165) is 38.4 Å². The van der Waals surface area contributed by atoms with Crippen molar-refractivity contribution in [2.24, 2.45) is 5.73 Å². The largest absolute Gasteiger partial charge is 0.399 e. The maximum atomic E-state index is 5.66. The number of hydrogen-bond donors (Lipinski definition) is 2. The summed E-state index contributed by atoms with van der Waals surface area (Å²) in [6, 6.07) is 0. The first-order valence-corrected chi connectivity index (χ1v) is 5.65. The summed E-state index contributed by atoms with van der Waals surface area (Å²) in [5, 5.41) is 3.36. The van der Waals surface area contributed by atoms with Crippen molar-refractivity contribution < 1.29 is 0 Å². The Bertz CT molecular complexity index is 253. The number of nitrogens with zero attached hydrogens (tertiary/aromatic N) is 2. The van der Waals surface area contributed by atoms with E-state index in [-0.39, 0.29) is 0 Å². The molecule has 4 heteroatoms. The van der Waals surface area contributed by atoms with Crippen molar-refractivity contribution in [2.75, 3.05) is 45.8 Å². The third-order valence-electron chi connectivity index (χ3n) is 2.95. The molecule has 0 unspecified atom stereocenters. The van der Waals surface area contributed by atoms with Crippen molar-refractivity contribution in [3.8, 4) is 0 Å². The van der Waals surface area contributed by atoms with Crippen molar-refractivity contribution in [1.29, 1.82) is 0 Å². The van der Waals surface area contributed by atoms with Gasteiger partial charge in [-0.3, -0.25) is 4.90 Å². The highest BCUT2D eigenvalue weighted by molar-refractivity contribution is 5.18. The molecule has 2 heterocycles. The molecule has 1 saturated heterocycles. The second-order valence-corrected chi connectivity index (χ2v) is 4.11. The predicted molar refractivity (Wildman–Crippen MR) is 62.3 cm³/mol. The summed E-state index contributed by atoms with van der Waals surface area (Å²) in [6.07, 6.45) is 6.14. The molecule has 2 aliphatic rings. The lowest BCUT2D eigenvalue weighted by Crippen LogP contribution is -2.46. The van der Waals surface area contributed by atoms with E-state index < -0.39 is 0 Å². The molecule has 0 aromatic heterocycles. The van der Waals surface area contributed by atoms with Crippen LogP contribution in [0.25, 0.3) is 0 Å². The molecule has 2 aliphatic heterocycles. The molecule has 3 N–H and O–H groups in total. The number of nitrogens with two attached hydrogens (primary N) is 1. The van der Waals surface area contributed by atoms with Crippen molar-refractivity contribution in [1.82, 2.24) is 15.1 Å². The molecular weight excluding hydrogens is 188 g/mol. The van der Waals surface area contributed by atoms with Gasteiger partial charge in [0.2, 0.25) is 0 Å². The summed E-state index contributed by atoms with van der Waals surface area (Å²) in [7, 11) is 0. The van der Waals surface area contributed by atoms with Gasteiger partial charge in [-0.15, -0.1) is 0 Å². The van der Waals surface area contributed by atoms with E-state index in [1.807, 2.05) is 6.08 Å². The third-order valence-corrected chi connectivity index (χ3v) is 2.95. The molecule has 0 aromatic rings. The molecule has 0 saturated carbocycles. The van der Waals surface area contributed by atoms with Gasteiger partial charge in [-0.05, 0) is 12.2 Å². The minimum atomic E-state index is 0.883. The number of allylic oxidation sites excluding steroid dienone is 1. The lowest BCUT2D eigenvalue weighted by molar-refractivity contribution is 0.218. The molecule has 0 aliphatic carbocycles. The summed E-state index contributed by atoms with van der Waals surface area (Å²) >= 11 is 0. The Hall–Kier alpha value is -1.00. The lowest BCUT2D eigenvalue weighted by Gasteiger charge is -2.30. The second-order valence-electron chi connectivity index (χ2n) is 4.11. The molecule has 0 atom stereocenters. The van der Waals surface area contributed by atoms with Gasteiger partial charge in [0.1, 0.15) is 0 Å². The highest BCUT2D eigenvalue weighted by Crippen LogP contribution is 2.02. The molecule has 84 valence electrons. The van der Waals surface area contributed by atoms with Crippen LogP contribution in [-0.2, 0) is 0 Å². The van der Waals surface area contributed by atoms with E-state index >= 15 is 0 Å². The first-order valence-electron chi connectivity index (χ1n) is 5.65. The first-order chi connectivity index (χ1) is 7.34. The summed E-state index contributed by atoms with van der Waals surface area (Å²) in [5.74, 6) is 0. The fraction of sp³-hybridized carbons (Fsp3) is 0.636. The SMILES string of the molecule is NC1=CCN(CCN2CCNCC2)C=C1. The van der Waals surface area contributed by atoms with Crippen LogP contribution in [0.15, 0.2) is 24.0 Å². The van der Waals surface area contributed by atoms with Crippen molar-refractivity contribution in [2.45, 2.75) is 0 Å². The molecule has 0 bridgehead atoms. The molecule has 2 rings (SSSR count). The molecule has 0 radical (unpaired) electrons. The molecule has 15 heavy (non-hydrogen) atoms. The zero-order valence-electron chi connectivity index (χ0n) is 9.15. The van der Waals surface area contributed by atoms with Crippen LogP contribution in [0.4, 0.5) is 0 Å². The van der Waals surface area contributed by atoms with Gasteiger partial charge in [0, 0.05) is 57.7 Å². The van der Waals surface area contributed by atoms with E-state index in [0.29, 0.717) is 0 Å². The quantitative estimate of drug-likeness (QED) is 0.660. The Morgan fingerprint density at radius 2 is 2.07 bits per heavy atom. The fourth-order valence-electron chi connectivity index (χ4n) is 1.91. The van der Waals surface area contributed by atoms with E-state index in [1.165, 1.54) is 13.1 Å². The van der Waals surface area contributed by atoms with Gasteiger partial charge >= 0.3 is 0 Å². The van der Waals surface area contributed by atoms with Gasteiger partial charge in [-0.2, -0.15) is 0 Å². The van der Waals surface area contributed by atoms with E-state index in [2.05, 4.69) is 27.4 Å². The molecule has 0 spiro atoms. The molecule has 0 amide bonds. The molecule has 1 fully saturated rings. The summed E-state index contributed by atoms with van der Waals surface area (Å²) in [4.78, 5) is 4.81. The molecular formula is C11H20N4. The van der Waals surface area contributed by atoms with Crippen molar-refractivity contribution in [3.05, 3.63) is 24.0 Å². The maximum absolute atomic E-state index is 5.66. The third kappa shape index (κ3) is 3.25. The Kier molecular flexibility index (Phi) is 3.64. The summed E-state index contributed by atoms with van der Waals surface area (Å²) in [6.45, 7) is 7.81.